The van der Waals surface area contributed by atoms with Gasteiger partial charge in [-0.3, -0.25) is 0 Å². The maximum atomic E-state index is 6.98. The van der Waals surface area contributed by atoms with Gasteiger partial charge in [0, 0.05) is 47.4 Å². The van der Waals surface area contributed by atoms with Crippen molar-refractivity contribution in [3.05, 3.63) is 177 Å². The van der Waals surface area contributed by atoms with Gasteiger partial charge in [0.05, 0.1) is 5.66 Å². The summed E-state index contributed by atoms with van der Waals surface area (Å²) in [5.74, 6) is 0.349. The number of nitrogens with zero attached hydrogens (tertiary/aromatic N) is 1. The van der Waals surface area contributed by atoms with Crippen LogP contribution in [0, 0.1) is 0 Å². The Kier molecular flexibility index (Phi) is 14.7. The van der Waals surface area contributed by atoms with Crippen LogP contribution < -0.4 is 15.9 Å². The highest BCUT2D eigenvalue weighted by Gasteiger charge is 2.38. The molecule has 3 aliphatic carbocycles. The highest BCUT2D eigenvalue weighted by Crippen LogP contribution is 2.49. The van der Waals surface area contributed by atoms with Crippen molar-refractivity contribution in [2.75, 3.05) is 18.0 Å². The number of hydrogen-bond acceptors (Lipinski definition) is 3. The molecule has 4 heteroatoms. The van der Waals surface area contributed by atoms with Gasteiger partial charge >= 0.3 is 0 Å². The molecule has 0 saturated carbocycles. The van der Waals surface area contributed by atoms with Crippen LogP contribution in [0.5, 0.6) is 0 Å². The summed E-state index contributed by atoms with van der Waals surface area (Å²) in [7, 11) is 2.33. The topological polar surface area (TPSA) is 28.4 Å². The molecular weight excluding hydrogens is 836 g/mol. The maximum Gasteiger partial charge on any atom is 0.243 e. The van der Waals surface area contributed by atoms with Crippen LogP contribution in [0.25, 0.3) is 11.0 Å². The quantitative estimate of drug-likeness (QED) is 0.0664. The average Bonchev–Trinajstić information content (AvgIpc) is 3.67. The lowest BCUT2D eigenvalue weighted by Crippen LogP contribution is -2.33. The molecule has 3 aromatic carbocycles. The van der Waals surface area contributed by atoms with Gasteiger partial charge in [-0.2, -0.15) is 0 Å². The summed E-state index contributed by atoms with van der Waals surface area (Å²) in [6, 6.07) is 19.7. The minimum atomic E-state index is -0.106. The lowest BCUT2D eigenvalue weighted by atomic mass is 9.62. The first-order chi connectivity index (χ1) is 32.1. The molecule has 0 saturated heterocycles. The zero-order chi connectivity index (χ0) is 50.5. The molecule has 1 aromatic heterocycles. The molecule has 3 nitrogen and oxygen atoms in total. The van der Waals surface area contributed by atoms with Crippen molar-refractivity contribution in [2.45, 2.75) is 188 Å². The van der Waals surface area contributed by atoms with Crippen molar-refractivity contribution < 1.29 is 4.42 Å². The van der Waals surface area contributed by atoms with Gasteiger partial charge in [0.2, 0.25) is 7.28 Å². The van der Waals surface area contributed by atoms with Crippen molar-refractivity contribution in [2.24, 2.45) is 0 Å². The fraction of sp³-hybridized carbons (Fsp3) is 0.477. The Bertz CT molecular complexity index is 2660. The Morgan fingerprint density at radius 1 is 0.739 bits per heavy atom. The average molecular weight is 922 g/mol. The Balaban J connectivity index is 1.54. The molecule has 0 amide bonds. The Morgan fingerprint density at radius 2 is 1.36 bits per heavy atom. The standard InChI is InChI=1S/C65H86BN2O/c1-19-24-49(29-33-67-32-20-2)68(56-41-52(63(12,13)14)51(62(9,10)11)40-50(56)43-25-22-21-23-26-43)57-37-44(45-34-47(60(3,4)5)39-48(35-45)61(6,7)8)27-28-55(57)66-59-38-46-36-53-54(42-58(46)69-59)65(17,18)31-30-64(53,15)16/h19-25,27-29,34-36,38-44,67H,2,26,30-33,37H2,1,3-18H3/b24-19-,49-29+. The van der Waals surface area contributed by atoms with Crippen LogP contribution in [0.4, 0.5) is 5.69 Å². The van der Waals surface area contributed by atoms with E-state index in [0.717, 1.165) is 41.8 Å². The highest BCUT2D eigenvalue weighted by atomic mass is 16.3. The minimum Gasteiger partial charge on any atom is -0.472 e. The first-order valence-electron chi connectivity index (χ1n) is 26.1. The molecule has 3 aliphatic rings. The largest absolute Gasteiger partial charge is 0.472 e. The molecule has 1 radical (unpaired) electrons. The van der Waals surface area contributed by atoms with E-state index in [1.807, 2.05) is 6.08 Å². The molecule has 1 N–H and O–H groups in total. The number of fused-ring (bicyclic) bond motifs is 2. The van der Waals surface area contributed by atoms with E-state index in [9.17, 15) is 0 Å². The van der Waals surface area contributed by atoms with E-state index in [1.165, 1.54) is 74.1 Å². The van der Waals surface area contributed by atoms with Gasteiger partial charge in [0.1, 0.15) is 5.58 Å². The predicted molar refractivity (Wildman–Crippen MR) is 302 cm³/mol. The second-order valence-electron chi connectivity index (χ2n) is 25.9. The molecular formula is C65H86BN2O. The van der Waals surface area contributed by atoms with Crippen LogP contribution in [0.1, 0.15) is 200 Å². The van der Waals surface area contributed by atoms with Crippen molar-refractivity contribution in [3.63, 3.8) is 0 Å². The lowest BCUT2D eigenvalue weighted by molar-refractivity contribution is 0.332. The number of hydrogen-bond donors (Lipinski definition) is 1. The van der Waals surface area contributed by atoms with E-state index >= 15 is 0 Å². The molecule has 0 aliphatic heterocycles. The van der Waals surface area contributed by atoms with E-state index < -0.39 is 0 Å². The smallest absolute Gasteiger partial charge is 0.243 e. The normalized spacial score (nSPS) is 19.7. The molecule has 7 rings (SSSR count). The van der Waals surface area contributed by atoms with Crippen molar-refractivity contribution >= 4 is 29.6 Å². The van der Waals surface area contributed by atoms with Gasteiger partial charge in [0.25, 0.3) is 0 Å². The Morgan fingerprint density at radius 3 is 1.93 bits per heavy atom. The second kappa shape index (κ2) is 19.4. The van der Waals surface area contributed by atoms with Crippen LogP contribution >= 0.6 is 0 Å². The van der Waals surface area contributed by atoms with E-state index in [4.69, 9.17) is 4.42 Å². The third-order valence-electron chi connectivity index (χ3n) is 15.2. The lowest BCUT2D eigenvalue weighted by Gasteiger charge is -2.41. The second-order valence-corrected chi connectivity index (χ2v) is 25.9. The van der Waals surface area contributed by atoms with Crippen LogP contribution in [0.15, 0.2) is 137 Å². The van der Waals surface area contributed by atoms with Crippen LogP contribution in [0.3, 0.4) is 0 Å². The number of anilines is 1. The molecule has 0 spiro atoms. The van der Waals surface area contributed by atoms with E-state index in [1.54, 1.807) is 0 Å². The zero-order valence-corrected chi connectivity index (χ0v) is 45.9. The monoisotopic (exact) mass is 922 g/mol. The van der Waals surface area contributed by atoms with Gasteiger partial charge in [-0.25, -0.2) is 0 Å². The Hall–Kier alpha value is -4.80. The number of furan rings is 1. The molecule has 0 bridgehead atoms. The summed E-state index contributed by atoms with van der Waals surface area (Å²) in [5.41, 5.74) is 17.8. The van der Waals surface area contributed by atoms with Crippen LogP contribution in [0.2, 0.25) is 0 Å². The van der Waals surface area contributed by atoms with E-state index in [0.29, 0.717) is 6.54 Å². The molecule has 2 atom stereocenters. The number of benzene rings is 3. The fourth-order valence-corrected chi connectivity index (χ4v) is 10.7. The summed E-state index contributed by atoms with van der Waals surface area (Å²) >= 11 is 0. The molecule has 1 heterocycles. The minimum absolute atomic E-state index is 0.00173. The molecule has 0 fully saturated rings. The fourth-order valence-electron chi connectivity index (χ4n) is 10.7. The van der Waals surface area contributed by atoms with Gasteiger partial charge in [0.15, 0.2) is 0 Å². The number of rotatable bonds is 12. The maximum absolute atomic E-state index is 6.98. The van der Waals surface area contributed by atoms with Crippen molar-refractivity contribution in [3.8, 4) is 0 Å². The summed E-state index contributed by atoms with van der Waals surface area (Å²) in [6.07, 6.45) is 27.0. The molecule has 69 heavy (non-hydrogen) atoms. The van der Waals surface area contributed by atoms with E-state index in [2.05, 4.69) is 245 Å². The van der Waals surface area contributed by atoms with E-state index in [-0.39, 0.29) is 44.3 Å². The van der Waals surface area contributed by atoms with Crippen LogP contribution in [-0.4, -0.2) is 20.4 Å². The summed E-state index contributed by atoms with van der Waals surface area (Å²) in [4.78, 5) is 2.64. The third kappa shape index (κ3) is 11.4. The summed E-state index contributed by atoms with van der Waals surface area (Å²) in [6.45, 7) is 45.6. The van der Waals surface area contributed by atoms with Gasteiger partial charge in [-0.1, -0.05) is 189 Å². The van der Waals surface area contributed by atoms with Gasteiger partial charge in [-0.05, 0) is 146 Å². The third-order valence-corrected chi connectivity index (χ3v) is 15.2. The SMILES string of the molecule is C=CCNC/C=C(\C=C/C)N(C1=C([B]c2cc3cc4c(cc3o2)C(C)(C)CCC4(C)C)C=CC(c2cc(C(C)(C)C)cc(C(C)(C)C)c2)C1)c1cc(C(C)(C)C)c(C(C)(C)C)cc1C1C=CC=CC1. The van der Waals surface area contributed by atoms with Crippen molar-refractivity contribution in [1.29, 1.82) is 0 Å². The first-order valence-corrected chi connectivity index (χ1v) is 26.1. The first kappa shape index (κ1) is 52.0. The predicted octanol–water partition coefficient (Wildman–Crippen LogP) is 16.6. The van der Waals surface area contributed by atoms with Gasteiger partial charge in [-0.15, -0.1) is 6.58 Å². The summed E-state index contributed by atoms with van der Waals surface area (Å²) in [5, 5.41) is 4.80. The molecule has 4 aromatic rings. The van der Waals surface area contributed by atoms with Crippen LogP contribution in [-0.2, 0) is 32.5 Å². The highest BCUT2D eigenvalue weighted by molar-refractivity contribution is 6.61. The Labute approximate surface area is 420 Å². The van der Waals surface area contributed by atoms with Gasteiger partial charge < -0.3 is 14.6 Å². The molecule has 2 unspecified atom stereocenters. The van der Waals surface area contributed by atoms with Crippen molar-refractivity contribution in [1.82, 2.24) is 5.32 Å². The zero-order valence-electron chi connectivity index (χ0n) is 45.9. The summed E-state index contributed by atoms with van der Waals surface area (Å²) < 4.78 is 6.98. The molecule has 365 valence electrons. The number of nitrogens with one attached hydrogen (secondary N) is 1. The number of allylic oxidation sites excluding steroid dienone is 10.